The first-order chi connectivity index (χ1) is 14.9. The summed E-state index contributed by atoms with van der Waals surface area (Å²) in [5, 5.41) is 4.79. The molecule has 7 heteroatoms. The smallest absolute Gasteiger partial charge is 0.261 e. The molecule has 1 heterocycles. The molecule has 4 aromatic rings. The third-order valence-corrected chi connectivity index (χ3v) is 6.82. The van der Waals surface area contributed by atoms with Gasteiger partial charge in [-0.25, -0.2) is 8.42 Å². The van der Waals surface area contributed by atoms with Gasteiger partial charge >= 0.3 is 0 Å². The van der Waals surface area contributed by atoms with Crippen molar-refractivity contribution in [3.05, 3.63) is 71.8 Å². The van der Waals surface area contributed by atoms with Crippen LogP contribution in [0.5, 0.6) is 0 Å². The van der Waals surface area contributed by atoms with Crippen LogP contribution in [-0.2, 0) is 16.6 Å². The number of nitrogens with zero attached hydrogens (tertiary/aromatic N) is 1. The molecule has 0 fully saturated rings. The quantitative estimate of drug-likeness (QED) is 0.462. The monoisotopic (exact) mass is 435 g/mol. The highest BCUT2D eigenvalue weighted by Crippen LogP contribution is 2.31. The number of carbonyl (C=O) groups is 1. The topological polar surface area (TPSA) is 80.2 Å². The fourth-order valence-corrected chi connectivity index (χ4v) is 5.02. The molecule has 1 amide bonds. The van der Waals surface area contributed by atoms with Crippen LogP contribution in [-0.4, -0.2) is 25.4 Å². The predicted octanol–water partition coefficient (Wildman–Crippen LogP) is 4.67. The Morgan fingerprint density at radius 2 is 1.68 bits per heavy atom. The summed E-state index contributed by atoms with van der Waals surface area (Å²) in [5.74, 6) is -0.286. The normalized spacial score (nSPS) is 11.7. The zero-order valence-corrected chi connectivity index (χ0v) is 18.6. The number of anilines is 1. The minimum absolute atomic E-state index is 0.0513. The van der Waals surface area contributed by atoms with E-state index in [2.05, 4.69) is 27.6 Å². The molecule has 4 rings (SSSR count). The Kier molecular flexibility index (Phi) is 5.45. The number of hydrogen-bond acceptors (Lipinski definition) is 3. The number of fused-ring (bicyclic) bond motifs is 3. The molecule has 0 saturated carbocycles. The van der Waals surface area contributed by atoms with Crippen LogP contribution in [0.3, 0.4) is 0 Å². The number of aryl methyl sites for hydroxylation is 2. The molecule has 0 radical (unpaired) electrons. The molecule has 0 saturated heterocycles. The molecule has 1 aromatic heterocycles. The van der Waals surface area contributed by atoms with Gasteiger partial charge in [-0.2, -0.15) is 0 Å². The largest absolute Gasteiger partial charge is 0.352 e. The van der Waals surface area contributed by atoms with Gasteiger partial charge in [-0.15, -0.1) is 0 Å². The molecule has 160 valence electrons. The number of para-hydroxylation sites is 1. The predicted molar refractivity (Wildman–Crippen MR) is 125 cm³/mol. The van der Waals surface area contributed by atoms with Crippen LogP contribution in [0, 0.1) is 6.92 Å². The molecule has 0 aliphatic heterocycles. The zero-order chi connectivity index (χ0) is 22.2. The van der Waals surface area contributed by atoms with Crippen molar-refractivity contribution < 1.29 is 13.2 Å². The number of nitrogens with one attached hydrogen (secondary N) is 2. The average Bonchev–Trinajstić information content (AvgIpc) is 3.07. The molecular weight excluding hydrogens is 410 g/mol. The van der Waals surface area contributed by atoms with Gasteiger partial charge in [0.15, 0.2) is 0 Å². The molecule has 0 bridgehead atoms. The van der Waals surface area contributed by atoms with E-state index < -0.39 is 10.0 Å². The fourth-order valence-electron chi connectivity index (χ4n) is 3.94. The summed E-state index contributed by atoms with van der Waals surface area (Å²) in [4.78, 5) is 12.3. The Hall–Kier alpha value is -3.32. The maximum atomic E-state index is 13.1. The molecule has 0 aliphatic carbocycles. The summed E-state index contributed by atoms with van der Waals surface area (Å²) in [6.45, 7) is 6.99. The molecule has 0 aliphatic rings. The fraction of sp³-hybridized carbons (Fsp3) is 0.208. The Morgan fingerprint density at radius 1 is 0.935 bits per heavy atom. The number of aromatic nitrogens is 1. The number of amides is 1. The summed E-state index contributed by atoms with van der Waals surface area (Å²) < 4.78 is 31.0. The summed E-state index contributed by atoms with van der Waals surface area (Å²) in [5.41, 5.74) is 3.72. The lowest BCUT2D eigenvalue weighted by atomic mass is 10.1. The van der Waals surface area contributed by atoms with Crippen molar-refractivity contribution in [1.82, 2.24) is 9.88 Å². The first kappa shape index (κ1) is 20.9. The van der Waals surface area contributed by atoms with Crippen molar-refractivity contribution >= 4 is 43.4 Å². The molecule has 31 heavy (non-hydrogen) atoms. The number of carbonyl (C=O) groups excluding carboxylic acids is 1. The maximum absolute atomic E-state index is 13.1. The highest BCUT2D eigenvalue weighted by Gasteiger charge is 2.19. The Balaban J connectivity index is 1.74. The third kappa shape index (κ3) is 3.77. The number of benzene rings is 3. The van der Waals surface area contributed by atoms with Crippen molar-refractivity contribution in [3.63, 3.8) is 0 Å². The van der Waals surface area contributed by atoms with Gasteiger partial charge in [-0.3, -0.25) is 9.52 Å². The van der Waals surface area contributed by atoms with E-state index in [0.29, 0.717) is 17.8 Å². The summed E-state index contributed by atoms with van der Waals surface area (Å²) >= 11 is 0. The summed E-state index contributed by atoms with van der Waals surface area (Å²) in [6.07, 6.45) is 0. The standard InChI is InChI=1S/C24H25N3O3S/c1-4-25-24(28)20-15-18(12-10-16(20)3)31(29,30)26-17-11-13-23-21(14-17)19-8-6-7-9-22(19)27(23)5-2/h6-15,26H,4-5H2,1-3H3,(H,25,28). The molecule has 2 N–H and O–H groups in total. The van der Waals surface area contributed by atoms with Gasteiger partial charge in [0.25, 0.3) is 15.9 Å². The average molecular weight is 436 g/mol. The second-order valence-electron chi connectivity index (χ2n) is 7.44. The Morgan fingerprint density at radius 3 is 2.42 bits per heavy atom. The van der Waals surface area contributed by atoms with E-state index in [9.17, 15) is 13.2 Å². The molecule has 0 spiro atoms. The van der Waals surface area contributed by atoms with Crippen LogP contribution in [0.2, 0.25) is 0 Å². The minimum Gasteiger partial charge on any atom is -0.352 e. The van der Waals surface area contributed by atoms with Crippen LogP contribution in [0.25, 0.3) is 21.8 Å². The lowest BCUT2D eigenvalue weighted by molar-refractivity contribution is 0.0955. The summed E-state index contributed by atoms with van der Waals surface area (Å²) in [6, 6.07) is 18.2. The van der Waals surface area contributed by atoms with E-state index in [1.54, 1.807) is 19.1 Å². The first-order valence-corrected chi connectivity index (χ1v) is 11.8. The number of sulfonamides is 1. The Labute approximate surface area is 181 Å². The zero-order valence-electron chi connectivity index (χ0n) is 17.8. The Bertz CT molecular complexity index is 1400. The van der Waals surface area contributed by atoms with Crippen molar-refractivity contribution in [2.45, 2.75) is 32.2 Å². The highest BCUT2D eigenvalue weighted by molar-refractivity contribution is 7.92. The van der Waals surface area contributed by atoms with Crippen LogP contribution < -0.4 is 10.0 Å². The molecule has 0 unspecified atom stereocenters. The van der Waals surface area contributed by atoms with E-state index in [1.165, 1.54) is 12.1 Å². The van der Waals surface area contributed by atoms with E-state index in [1.807, 2.05) is 37.3 Å². The number of hydrogen-bond donors (Lipinski definition) is 2. The minimum atomic E-state index is -3.86. The van der Waals surface area contributed by atoms with Crippen LogP contribution >= 0.6 is 0 Å². The van der Waals surface area contributed by atoms with Crippen molar-refractivity contribution in [1.29, 1.82) is 0 Å². The second kappa shape index (κ2) is 8.07. The van der Waals surface area contributed by atoms with Gasteiger partial charge in [0.05, 0.1) is 4.90 Å². The number of rotatable bonds is 6. The highest BCUT2D eigenvalue weighted by atomic mass is 32.2. The molecular formula is C24H25N3O3S. The van der Waals surface area contributed by atoms with E-state index >= 15 is 0 Å². The van der Waals surface area contributed by atoms with Crippen LogP contribution in [0.15, 0.2) is 65.6 Å². The van der Waals surface area contributed by atoms with Crippen molar-refractivity contribution in [2.75, 3.05) is 11.3 Å². The first-order valence-electron chi connectivity index (χ1n) is 10.3. The lowest BCUT2D eigenvalue weighted by Gasteiger charge is -2.12. The van der Waals surface area contributed by atoms with Crippen molar-refractivity contribution in [3.8, 4) is 0 Å². The van der Waals surface area contributed by atoms with Gasteiger partial charge in [-0.05, 0) is 62.7 Å². The second-order valence-corrected chi connectivity index (χ2v) is 9.12. The van der Waals surface area contributed by atoms with E-state index in [4.69, 9.17) is 0 Å². The van der Waals surface area contributed by atoms with Gasteiger partial charge < -0.3 is 9.88 Å². The van der Waals surface area contributed by atoms with Gasteiger partial charge in [0, 0.05) is 46.1 Å². The van der Waals surface area contributed by atoms with Crippen molar-refractivity contribution in [2.24, 2.45) is 0 Å². The third-order valence-electron chi connectivity index (χ3n) is 5.44. The lowest BCUT2D eigenvalue weighted by Crippen LogP contribution is -2.24. The van der Waals surface area contributed by atoms with Gasteiger partial charge in [-0.1, -0.05) is 24.3 Å². The van der Waals surface area contributed by atoms with Gasteiger partial charge in [0.1, 0.15) is 0 Å². The maximum Gasteiger partial charge on any atom is 0.261 e. The molecule has 3 aromatic carbocycles. The van der Waals surface area contributed by atoms with E-state index in [0.717, 1.165) is 33.9 Å². The van der Waals surface area contributed by atoms with Crippen LogP contribution in [0.4, 0.5) is 5.69 Å². The SMILES string of the molecule is CCNC(=O)c1cc(S(=O)(=O)Nc2ccc3c(c2)c2ccccc2n3CC)ccc1C. The molecule has 0 atom stereocenters. The van der Waals surface area contributed by atoms with E-state index in [-0.39, 0.29) is 10.8 Å². The summed E-state index contributed by atoms with van der Waals surface area (Å²) in [7, 11) is -3.86. The van der Waals surface area contributed by atoms with Gasteiger partial charge in [0.2, 0.25) is 0 Å². The van der Waals surface area contributed by atoms with Crippen LogP contribution in [0.1, 0.15) is 29.8 Å². The molecule has 6 nitrogen and oxygen atoms in total.